The number of rotatable bonds is 7. The minimum Gasteiger partial charge on any atom is -0.383 e. The number of ether oxygens (including phenoxy) is 1. The zero-order chi connectivity index (χ0) is 13.6. The van der Waals surface area contributed by atoms with Crippen LogP contribution in [-0.2, 0) is 14.8 Å². The van der Waals surface area contributed by atoms with Gasteiger partial charge in [-0.15, -0.1) is 0 Å². The number of hydrogen-bond acceptors (Lipinski definition) is 3. The predicted octanol–water partition coefficient (Wildman–Crippen LogP) is 2.37. The van der Waals surface area contributed by atoms with Crippen molar-refractivity contribution in [3.8, 4) is 0 Å². The highest BCUT2D eigenvalue weighted by Crippen LogP contribution is 2.24. The third-order valence-electron chi connectivity index (χ3n) is 2.33. The first kappa shape index (κ1) is 15.9. The molecule has 0 saturated carbocycles. The van der Waals surface area contributed by atoms with Gasteiger partial charge >= 0.3 is 0 Å². The summed E-state index contributed by atoms with van der Waals surface area (Å²) in [5.41, 5.74) is 0. The summed E-state index contributed by atoms with van der Waals surface area (Å²) in [4.78, 5) is 0.128. The smallest absolute Gasteiger partial charge is 0.244 e. The van der Waals surface area contributed by atoms with E-state index in [1.807, 2.05) is 0 Å². The van der Waals surface area contributed by atoms with Gasteiger partial charge in [0.15, 0.2) is 0 Å². The summed E-state index contributed by atoms with van der Waals surface area (Å²) >= 11 is 9.18. The van der Waals surface area contributed by atoms with Gasteiger partial charge in [-0.2, -0.15) is 4.31 Å². The first-order chi connectivity index (χ1) is 8.54. The van der Waals surface area contributed by atoms with Gasteiger partial charge in [-0.05, 0) is 12.1 Å². The molecule has 0 radical (unpaired) electrons. The van der Waals surface area contributed by atoms with Crippen LogP contribution in [0.4, 0.5) is 0 Å². The molecule has 0 saturated heterocycles. The van der Waals surface area contributed by atoms with E-state index in [9.17, 15) is 8.42 Å². The molecule has 0 fully saturated rings. The minimum absolute atomic E-state index is 0.128. The Kier molecular flexibility index (Phi) is 6.59. The second-order valence-corrected chi connectivity index (χ2v) is 6.62. The first-order valence-corrected chi connectivity index (χ1v) is 8.27. The van der Waals surface area contributed by atoms with Crippen LogP contribution in [0.25, 0.3) is 0 Å². The lowest BCUT2D eigenvalue weighted by Crippen LogP contribution is -2.35. The quantitative estimate of drug-likeness (QED) is 0.705. The molecule has 1 aromatic carbocycles. The van der Waals surface area contributed by atoms with Crippen LogP contribution in [0.3, 0.4) is 0 Å². The van der Waals surface area contributed by atoms with E-state index in [0.717, 1.165) is 0 Å². The molecule has 0 aliphatic heterocycles. The molecule has 1 rings (SSSR count). The Hall–Kier alpha value is -0.140. The maximum atomic E-state index is 12.4. The highest BCUT2D eigenvalue weighted by Gasteiger charge is 2.25. The summed E-state index contributed by atoms with van der Waals surface area (Å²) in [7, 11) is -2.04. The second-order valence-electron chi connectivity index (χ2n) is 3.52. The first-order valence-electron chi connectivity index (χ1n) is 5.33. The fourth-order valence-electron chi connectivity index (χ4n) is 1.43. The van der Waals surface area contributed by atoms with E-state index in [2.05, 4.69) is 15.9 Å². The lowest BCUT2D eigenvalue weighted by molar-refractivity contribution is 0.181. The van der Waals surface area contributed by atoms with Crippen molar-refractivity contribution in [3.63, 3.8) is 0 Å². The molecule has 0 spiro atoms. The monoisotopic (exact) mass is 355 g/mol. The number of hydrogen-bond donors (Lipinski definition) is 0. The largest absolute Gasteiger partial charge is 0.383 e. The van der Waals surface area contributed by atoms with E-state index in [-0.39, 0.29) is 9.92 Å². The van der Waals surface area contributed by atoms with Gasteiger partial charge in [0.2, 0.25) is 10.0 Å². The molecule has 0 heterocycles. The number of benzene rings is 1. The lowest BCUT2D eigenvalue weighted by atomic mass is 10.4. The third-order valence-corrected chi connectivity index (χ3v) is 5.09. The van der Waals surface area contributed by atoms with E-state index < -0.39 is 10.0 Å². The van der Waals surface area contributed by atoms with Gasteiger partial charge in [0.1, 0.15) is 4.90 Å². The number of methoxy groups -OCH3 is 1. The Morgan fingerprint density at radius 1 is 1.33 bits per heavy atom. The van der Waals surface area contributed by atoms with Gasteiger partial charge in [0.05, 0.1) is 11.6 Å². The van der Waals surface area contributed by atoms with E-state index in [4.69, 9.17) is 16.3 Å². The van der Waals surface area contributed by atoms with E-state index in [1.54, 1.807) is 18.2 Å². The van der Waals surface area contributed by atoms with Crippen LogP contribution >= 0.6 is 27.5 Å². The Balaban J connectivity index is 3.05. The fraction of sp³-hybridized carbons (Fsp3) is 0.455. The minimum atomic E-state index is -3.57. The van der Waals surface area contributed by atoms with Crippen molar-refractivity contribution < 1.29 is 13.2 Å². The molecule has 0 atom stereocenters. The van der Waals surface area contributed by atoms with Crippen LogP contribution in [0.5, 0.6) is 0 Å². The molecule has 7 heteroatoms. The normalized spacial score (nSPS) is 12.0. The van der Waals surface area contributed by atoms with E-state index in [0.29, 0.717) is 25.0 Å². The summed E-state index contributed by atoms with van der Waals surface area (Å²) in [6, 6.07) is 6.43. The summed E-state index contributed by atoms with van der Waals surface area (Å²) in [6.45, 7) is 1.02. The van der Waals surface area contributed by atoms with Gasteiger partial charge in [-0.3, -0.25) is 0 Å². The van der Waals surface area contributed by atoms with Gasteiger partial charge in [0, 0.05) is 25.5 Å². The Morgan fingerprint density at radius 2 is 2.00 bits per heavy atom. The van der Waals surface area contributed by atoms with E-state index in [1.165, 1.54) is 17.5 Å². The summed E-state index contributed by atoms with van der Waals surface area (Å²) in [5, 5.41) is 0.787. The van der Waals surface area contributed by atoms with Crippen LogP contribution in [0.15, 0.2) is 29.2 Å². The summed E-state index contributed by atoms with van der Waals surface area (Å²) in [6.07, 6.45) is 0. The Labute approximate surface area is 121 Å². The van der Waals surface area contributed by atoms with Crippen LogP contribution in [0.2, 0.25) is 5.02 Å². The van der Waals surface area contributed by atoms with Crippen molar-refractivity contribution >= 4 is 37.6 Å². The maximum absolute atomic E-state index is 12.4. The molecule has 0 bridgehead atoms. The van der Waals surface area contributed by atoms with Crippen molar-refractivity contribution in [3.05, 3.63) is 29.3 Å². The number of sulfonamides is 1. The Bertz CT molecular complexity index is 481. The standard InChI is InChI=1S/C11H15BrClNO3S/c1-17-9-8-14(7-6-12)18(15,16)11-5-3-2-4-10(11)13/h2-5H,6-9H2,1H3. The van der Waals surface area contributed by atoms with E-state index >= 15 is 0 Å². The second kappa shape index (κ2) is 7.45. The molecule has 102 valence electrons. The van der Waals surface area contributed by atoms with Crippen molar-refractivity contribution in [2.45, 2.75) is 4.90 Å². The lowest BCUT2D eigenvalue weighted by Gasteiger charge is -2.21. The topological polar surface area (TPSA) is 46.6 Å². The number of halogens is 2. The highest BCUT2D eigenvalue weighted by molar-refractivity contribution is 9.09. The molecule has 0 N–H and O–H groups in total. The summed E-state index contributed by atoms with van der Waals surface area (Å²) < 4.78 is 31.1. The molecule has 0 unspecified atom stereocenters. The average Bonchev–Trinajstić information content (AvgIpc) is 2.34. The molecular weight excluding hydrogens is 342 g/mol. The number of nitrogens with zero attached hydrogens (tertiary/aromatic N) is 1. The maximum Gasteiger partial charge on any atom is 0.244 e. The fourth-order valence-corrected chi connectivity index (χ4v) is 4.01. The molecule has 1 aromatic rings. The van der Waals surface area contributed by atoms with Gasteiger partial charge in [-0.1, -0.05) is 39.7 Å². The molecule has 4 nitrogen and oxygen atoms in total. The van der Waals surface area contributed by atoms with Gasteiger partial charge in [-0.25, -0.2) is 8.42 Å². The zero-order valence-corrected chi connectivity index (χ0v) is 13.1. The Morgan fingerprint density at radius 3 is 2.56 bits per heavy atom. The highest BCUT2D eigenvalue weighted by atomic mass is 79.9. The van der Waals surface area contributed by atoms with Crippen LogP contribution in [0.1, 0.15) is 0 Å². The third kappa shape index (κ3) is 3.93. The number of alkyl halides is 1. The predicted molar refractivity (Wildman–Crippen MR) is 75.9 cm³/mol. The van der Waals surface area contributed by atoms with Crippen LogP contribution < -0.4 is 0 Å². The van der Waals surface area contributed by atoms with Gasteiger partial charge < -0.3 is 4.74 Å². The summed E-state index contributed by atoms with van der Waals surface area (Å²) in [5.74, 6) is 0. The SMILES string of the molecule is COCCN(CCBr)S(=O)(=O)c1ccccc1Cl. The van der Waals surface area contributed by atoms with Crippen molar-refractivity contribution in [2.24, 2.45) is 0 Å². The molecule has 0 aromatic heterocycles. The molecular formula is C11H15BrClNO3S. The molecule has 0 amide bonds. The van der Waals surface area contributed by atoms with Crippen molar-refractivity contribution in [1.29, 1.82) is 0 Å². The molecule has 0 aliphatic carbocycles. The van der Waals surface area contributed by atoms with Crippen molar-refractivity contribution in [1.82, 2.24) is 4.31 Å². The van der Waals surface area contributed by atoms with Crippen LogP contribution in [0, 0.1) is 0 Å². The van der Waals surface area contributed by atoms with Crippen LogP contribution in [-0.4, -0.2) is 44.9 Å². The molecule has 0 aliphatic rings. The van der Waals surface area contributed by atoms with Gasteiger partial charge in [0.25, 0.3) is 0 Å². The molecule has 18 heavy (non-hydrogen) atoms. The van der Waals surface area contributed by atoms with Crippen molar-refractivity contribution in [2.75, 3.05) is 32.1 Å². The zero-order valence-electron chi connectivity index (χ0n) is 9.97. The average molecular weight is 357 g/mol.